The minimum absolute atomic E-state index is 0.0625. The van der Waals surface area contributed by atoms with Gasteiger partial charge in [-0.1, -0.05) is 58.0 Å². The zero-order chi connectivity index (χ0) is 34.5. The Labute approximate surface area is 319 Å². The molecule has 6 unspecified atom stereocenters. The lowest BCUT2D eigenvalue weighted by Gasteiger charge is -2.32. The predicted octanol–water partition coefficient (Wildman–Crippen LogP) is 6.88. The van der Waals surface area contributed by atoms with Crippen molar-refractivity contribution in [2.75, 3.05) is 49.1 Å². The first-order chi connectivity index (χ1) is 23.5. The summed E-state index contributed by atoms with van der Waals surface area (Å²) >= 11 is 39.6. The van der Waals surface area contributed by atoms with Gasteiger partial charge in [0.15, 0.2) is 0 Å². The maximum absolute atomic E-state index is 5.86. The molecular formula is C30H34Cl7N9O3. The lowest BCUT2D eigenvalue weighted by molar-refractivity contribution is 0.0184. The smallest absolute Gasteiger partial charge is 0.228 e. The van der Waals surface area contributed by atoms with E-state index in [4.69, 9.17) is 95.4 Å². The van der Waals surface area contributed by atoms with Gasteiger partial charge in [0.2, 0.25) is 16.5 Å². The van der Waals surface area contributed by atoms with Crippen LogP contribution in [-0.2, 0) is 14.2 Å². The van der Waals surface area contributed by atoms with Crippen molar-refractivity contribution in [1.82, 2.24) is 35.2 Å². The fourth-order valence-electron chi connectivity index (χ4n) is 6.49. The monoisotopic (exact) mass is 813 g/mol. The Bertz CT molecular complexity index is 1380. The van der Waals surface area contributed by atoms with E-state index >= 15 is 0 Å². The van der Waals surface area contributed by atoms with Crippen molar-refractivity contribution in [2.24, 2.45) is 0 Å². The Hall–Kier alpha value is -1.29. The van der Waals surface area contributed by atoms with E-state index in [0.717, 1.165) is 70.8 Å². The van der Waals surface area contributed by atoms with Crippen LogP contribution in [0.25, 0.3) is 0 Å². The molecule has 6 atom stereocenters. The van der Waals surface area contributed by atoms with E-state index in [9.17, 15) is 0 Å². The summed E-state index contributed by atoms with van der Waals surface area (Å²) in [6.07, 6.45) is 9.42. The van der Waals surface area contributed by atoms with Gasteiger partial charge < -0.3 is 29.3 Å². The van der Waals surface area contributed by atoms with Gasteiger partial charge >= 0.3 is 0 Å². The molecular weight excluding hydrogens is 783 g/mol. The average Bonchev–Trinajstić information content (AvgIpc) is 3.69. The highest BCUT2D eigenvalue weighted by atomic mass is 35.5. The molecule has 266 valence electrons. The maximum Gasteiger partial charge on any atom is 0.228 e. The molecule has 9 heterocycles. The molecule has 12 nitrogen and oxygen atoms in total. The molecule has 6 fully saturated rings. The van der Waals surface area contributed by atoms with Gasteiger partial charge in [-0.15, -0.1) is 0 Å². The minimum atomic E-state index is 0.0625. The van der Waals surface area contributed by atoms with Crippen LogP contribution in [-0.4, -0.2) is 106 Å². The quantitative estimate of drug-likeness (QED) is 0.215. The maximum atomic E-state index is 5.86. The molecule has 6 bridgehead atoms. The lowest BCUT2D eigenvalue weighted by atomic mass is 10.2. The molecule has 0 aromatic carbocycles. The Morgan fingerprint density at radius 2 is 0.837 bits per heavy atom. The second-order valence-corrected chi connectivity index (χ2v) is 14.9. The summed E-state index contributed by atoms with van der Waals surface area (Å²) in [5.41, 5.74) is 0. The predicted molar refractivity (Wildman–Crippen MR) is 192 cm³/mol. The third-order valence-corrected chi connectivity index (χ3v) is 9.88. The fraction of sp³-hybridized carbons (Fsp3) is 0.600. The highest BCUT2D eigenvalue weighted by Gasteiger charge is 2.36. The Balaban J connectivity index is 0.000000118. The summed E-state index contributed by atoms with van der Waals surface area (Å²) in [6, 6.07) is 4.70. The number of fused-ring (bicyclic) bond motifs is 6. The minimum Gasteiger partial charge on any atom is -0.372 e. The Morgan fingerprint density at radius 1 is 0.469 bits per heavy atom. The molecule has 9 rings (SSSR count). The Morgan fingerprint density at radius 3 is 1.27 bits per heavy atom. The number of anilines is 2. The number of hydrogen-bond donors (Lipinski definition) is 1. The van der Waals surface area contributed by atoms with Crippen LogP contribution in [0, 0.1) is 0 Å². The van der Waals surface area contributed by atoms with Gasteiger partial charge in [-0.25, -0.2) is 29.9 Å². The van der Waals surface area contributed by atoms with Crippen molar-refractivity contribution in [3.05, 3.63) is 54.5 Å². The summed E-state index contributed by atoms with van der Waals surface area (Å²) in [5.74, 6) is 1.41. The van der Waals surface area contributed by atoms with Gasteiger partial charge in [-0.3, -0.25) is 0 Å². The van der Waals surface area contributed by atoms with Crippen LogP contribution in [0.15, 0.2) is 18.2 Å². The van der Waals surface area contributed by atoms with Crippen molar-refractivity contribution < 1.29 is 14.2 Å². The van der Waals surface area contributed by atoms with Gasteiger partial charge in [0, 0.05) is 57.5 Å². The molecule has 0 saturated carbocycles. The standard InChI is InChI=1S/2C10H11Cl2N3O.C6H11NO.C4HCl3N2/c11-8-3-9(14-10(12)13-8)15-4-6-1-2-7(5-15)16-6;11-8-3-9(12)14-10(13-8)15-4-6-1-2-7(5-15)16-6;1-2-6-4-7-3-5(1)8-6;5-2-1-3(6)9-4(7)8-2/h2*3,6-7H,1-2,4-5H2;5-7H,1-4H2;1H. The normalized spacial score (nSPS) is 27.7. The Kier molecular flexibility index (Phi) is 13.4. The van der Waals surface area contributed by atoms with Crippen molar-refractivity contribution in [2.45, 2.75) is 75.1 Å². The second-order valence-electron chi connectivity index (χ2n) is 12.3. The van der Waals surface area contributed by atoms with E-state index in [-0.39, 0.29) is 20.9 Å². The van der Waals surface area contributed by atoms with E-state index in [1.165, 1.54) is 18.9 Å². The molecule has 0 spiro atoms. The molecule has 6 aliphatic heterocycles. The molecule has 0 amide bonds. The SMILES string of the molecule is C1CC2CNCC1O2.Clc1cc(Cl)nc(Cl)n1.Clc1cc(Cl)nc(N2CC3CCC(C2)O3)n1.Clc1cc(N2CC3CCC(C2)O3)nc(Cl)n1. The molecule has 0 aliphatic carbocycles. The van der Waals surface area contributed by atoms with Crippen LogP contribution in [0.4, 0.5) is 11.8 Å². The third-order valence-electron chi connectivity index (χ3n) is 8.58. The van der Waals surface area contributed by atoms with Gasteiger partial charge in [-0.05, 0) is 61.7 Å². The topological polar surface area (TPSA) is 124 Å². The first-order valence-electron chi connectivity index (χ1n) is 16.0. The lowest BCUT2D eigenvalue weighted by Crippen LogP contribution is -2.43. The summed E-state index contributed by atoms with van der Waals surface area (Å²) in [5, 5.41) is 5.23. The summed E-state index contributed by atoms with van der Waals surface area (Å²) in [7, 11) is 0. The first-order valence-corrected chi connectivity index (χ1v) is 18.6. The molecule has 19 heteroatoms. The van der Waals surface area contributed by atoms with Gasteiger partial charge in [0.1, 0.15) is 31.6 Å². The van der Waals surface area contributed by atoms with E-state index in [1.54, 1.807) is 12.1 Å². The largest absolute Gasteiger partial charge is 0.372 e. The van der Waals surface area contributed by atoms with E-state index in [0.29, 0.717) is 58.0 Å². The zero-order valence-electron chi connectivity index (χ0n) is 26.1. The van der Waals surface area contributed by atoms with Crippen LogP contribution >= 0.6 is 81.2 Å². The highest BCUT2D eigenvalue weighted by Crippen LogP contribution is 2.31. The van der Waals surface area contributed by atoms with E-state index < -0.39 is 0 Å². The summed E-state index contributed by atoms with van der Waals surface area (Å²) < 4.78 is 17.0. The number of aromatic nitrogens is 6. The van der Waals surface area contributed by atoms with Crippen molar-refractivity contribution in [1.29, 1.82) is 0 Å². The number of nitrogens with zero attached hydrogens (tertiary/aromatic N) is 8. The number of nitrogens with one attached hydrogen (secondary N) is 1. The van der Waals surface area contributed by atoms with Gasteiger partial charge in [0.25, 0.3) is 0 Å². The van der Waals surface area contributed by atoms with Crippen LogP contribution in [0.5, 0.6) is 0 Å². The fourth-order valence-corrected chi connectivity index (χ4v) is 7.99. The van der Waals surface area contributed by atoms with Gasteiger partial charge in [0.05, 0.1) is 36.6 Å². The van der Waals surface area contributed by atoms with Gasteiger partial charge in [-0.2, -0.15) is 0 Å². The third kappa shape index (κ3) is 11.1. The van der Waals surface area contributed by atoms with Crippen LogP contribution in [0.1, 0.15) is 38.5 Å². The number of rotatable bonds is 2. The van der Waals surface area contributed by atoms with Crippen molar-refractivity contribution in [3.63, 3.8) is 0 Å². The number of halogens is 7. The molecule has 3 aromatic rings. The zero-order valence-corrected chi connectivity index (χ0v) is 31.4. The van der Waals surface area contributed by atoms with E-state index in [1.807, 2.05) is 0 Å². The summed E-state index contributed by atoms with van der Waals surface area (Å²) in [4.78, 5) is 27.8. The number of morpholine rings is 3. The van der Waals surface area contributed by atoms with Crippen LogP contribution in [0.3, 0.4) is 0 Å². The van der Waals surface area contributed by atoms with Crippen LogP contribution < -0.4 is 15.1 Å². The van der Waals surface area contributed by atoms with E-state index in [2.05, 4.69) is 45.0 Å². The molecule has 6 saturated heterocycles. The molecule has 0 radical (unpaired) electrons. The van der Waals surface area contributed by atoms with Crippen LogP contribution in [0.2, 0.25) is 36.3 Å². The number of hydrogen-bond acceptors (Lipinski definition) is 12. The summed E-state index contributed by atoms with van der Waals surface area (Å²) in [6.45, 7) is 5.54. The highest BCUT2D eigenvalue weighted by molar-refractivity contribution is 6.35. The van der Waals surface area contributed by atoms with Crippen molar-refractivity contribution in [3.8, 4) is 0 Å². The average molecular weight is 817 g/mol. The molecule has 3 aromatic heterocycles. The second kappa shape index (κ2) is 17.5. The van der Waals surface area contributed by atoms with Crippen molar-refractivity contribution >= 4 is 93.0 Å². The number of ether oxygens (including phenoxy) is 3. The first kappa shape index (κ1) is 37.5. The molecule has 49 heavy (non-hydrogen) atoms. The molecule has 1 N–H and O–H groups in total. The molecule has 6 aliphatic rings.